The van der Waals surface area contributed by atoms with Crippen molar-refractivity contribution in [1.29, 1.82) is 0 Å². The van der Waals surface area contributed by atoms with Crippen LogP contribution < -0.4 is 5.56 Å². The van der Waals surface area contributed by atoms with Crippen LogP contribution in [-0.2, 0) is 6.54 Å². The van der Waals surface area contributed by atoms with E-state index < -0.39 is 0 Å². The summed E-state index contributed by atoms with van der Waals surface area (Å²) in [7, 11) is 2.16. The molecule has 120 valence electrons. The second-order valence-electron chi connectivity index (χ2n) is 6.37. The molecular weight excluding hydrogens is 280 g/mol. The van der Waals surface area contributed by atoms with Crippen LogP contribution in [0.1, 0.15) is 43.1 Å². The summed E-state index contributed by atoms with van der Waals surface area (Å²) >= 11 is 0. The summed E-state index contributed by atoms with van der Waals surface area (Å²) in [5, 5.41) is 4.25. The SMILES string of the molecule is CCCn1nc(C(=O)N2CC[C@H]3CC[C@@H](C2)N3C)ccc1=O. The van der Waals surface area contributed by atoms with Gasteiger partial charge in [0.25, 0.3) is 11.5 Å². The number of carbonyl (C=O) groups is 1. The van der Waals surface area contributed by atoms with Gasteiger partial charge in [0.2, 0.25) is 0 Å². The van der Waals surface area contributed by atoms with E-state index in [1.807, 2.05) is 11.8 Å². The smallest absolute Gasteiger partial charge is 0.274 e. The zero-order chi connectivity index (χ0) is 15.7. The van der Waals surface area contributed by atoms with E-state index in [1.165, 1.54) is 17.2 Å². The van der Waals surface area contributed by atoms with Crippen molar-refractivity contribution in [2.45, 2.75) is 51.2 Å². The Morgan fingerprint density at radius 3 is 2.82 bits per heavy atom. The average Bonchev–Trinajstić information content (AvgIpc) is 2.74. The molecular formula is C16H24N4O2. The molecule has 3 rings (SSSR count). The van der Waals surface area contributed by atoms with E-state index in [0.717, 1.165) is 32.4 Å². The normalized spacial score (nSPS) is 25.3. The molecule has 2 aliphatic heterocycles. The highest BCUT2D eigenvalue weighted by molar-refractivity contribution is 5.92. The molecule has 0 spiro atoms. The second kappa shape index (κ2) is 6.20. The Hall–Kier alpha value is -1.69. The van der Waals surface area contributed by atoms with Crippen molar-refractivity contribution in [3.05, 3.63) is 28.2 Å². The minimum Gasteiger partial charge on any atom is -0.336 e. The fraction of sp³-hybridized carbons (Fsp3) is 0.688. The van der Waals surface area contributed by atoms with Gasteiger partial charge in [0.15, 0.2) is 0 Å². The summed E-state index contributed by atoms with van der Waals surface area (Å²) in [6, 6.07) is 4.07. The average molecular weight is 304 g/mol. The Balaban J connectivity index is 1.79. The number of rotatable bonds is 3. The lowest BCUT2D eigenvalue weighted by molar-refractivity contribution is 0.0731. The van der Waals surface area contributed by atoms with Gasteiger partial charge < -0.3 is 4.90 Å². The third-order valence-corrected chi connectivity index (χ3v) is 4.96. The Labute approximate surface area is 130 Å². The Morgan fingerprint density at radius 2 is 2.05 bits per heavy atom. The van der Waals surface area contributed by atoms with Crippen LogP contribution in [0.25, 0.3) is 0 Å². The molecule has 0 saturated carbocycles. The van der Waals surface area contributed by atoms with E-state index in [4.69, 9.17) is 0 Å². The predicted octanol–water partition coefficient (Wildman–Crippen LogP) is 0.962. The lowest BCUT2D eigenvalue weighted by Crippen LogP contribution is -2.40. The monoisotopic (exact) mass is 304 g/mol. The van der Waals surface area contributed by atoms with Gasteiger partial charge in [-0.2, -0.15) is 5.10 Å². The van der Waals surface area contributed by atoms with Crippen LogP contribution in [0.3, 0.4) is 0 Å². The molecule has 2 bridgehead atoms. The Morgan fingerprint density at radius 1 is 1.27 bits per heavy atom. The first kappa shape index (κ1) is 15.2. The van der Waals surface area contributed by atoms with Crippen molar-refractivity contribution < 1.29 is 4.79 Å². The van der Waals surface area contributed by atoms with Gasteiger partial charge >= 0.3 is 0 Å². The zero-order valence-electron chi connectivity index (χ0n) is 13.4. The van der Waals surface area contributed by atoms with Crippen LogP contribution in [-0.4, -0.2) is 57.7 Å². The molecule has 3 heterocycles. The molecule has 0 unspecified atom stereocenters. The van der Waals surface area contributed by atoms with Gasteiger partial charge in [0, 0.05) is 37.8 Å². The summed E-state index contributed by atoms with van der Waals surface area (Å²) in [6.07, 6.45) is 4.24. The van der Waals surface area contributed by atoms with E-state index in [1.54, 1.807) is 6.07 Å². The van der Waals surface area contributed by atoms with Crippen LogP contribution in [0.5, 0.6) is 0 Å². The molecule has 6 nitrogen and oxygen atoms in total. The summed E-state index contributed by atoms with van der Waals surface area (Å²) < 4.78 is 1.39. The number of aryl methyl sites for hydroxylation is 1. The largest absolute Gasteiger partial charge is 0.336 e. The molecule has 2 fully saturated rings. The molecule has 0 aromatic carbocycles. The molecule has 2 atom stereocenters. The van der Waals surface area contributed by atoms with Crippen LogP contribution in [0.15, 0.2) is 16.9 Å². The first-order valence-corrected chi connectivity index (χ1v) is 8.19. The number of fused-ring (bicyclic) bond motifs is 2. The third-order valence-electron chi connectivity index (χ3n) is 4.96. The fourth-order valence-corrected chi connectivity index (χ4v) is 3.59. The van der Waals surface area contributed by atoms with E-state index in [9.17, 15) is 9.59 Å². The van der Waals surface area contributed by atoms with Crippen molar-refractivity contribution in [3.8, 4) is 0 Å². The van der Waals surface area contributed by atoms with Gasteiger partial charge in [-0.1, -0.05) is 6.92 Å². The topological polar surface area (TPSA) is 58.4 Å². The summed E-state index contributed by atoms with van der Waals surface area (Å²) in [5.41, 5.74) is 0.238. The summed E-state index contributed by atoms with van der Waals surface area (Å²) in [4.78, 5) is 28.8. The number of hydrogen-bond acceptors (Lipinski definition) is 4. The first-order chi connectivity index (χ1) is 10.6. The molecule has 1 aromatic rings. The number of amides is 1. The molecule has 0 N–H and O–H groups in total. The number of likely N-dealkylation sites (tertiary alicyclic amines) is 1. The van der Waals surface area contributed by atoms with Crippen LogP contribution in [0.4, 0.5) is 0 Å². The molecule has 22 heavy (non-hydrogen) atoms. The highest BCUT2D eigenvalue weighted by Gasteiger charge is 2.36. The first-order valence-electron chi connectivity index (χ1n) is 8.19. The maximum Gasteiger partial charge on any atom is 0.274 e. The minimum absolute atomic E-state index is 0.0502. The van der Waals surface area contributed by atoms with E-state index in [-0.39, 0.29) is 11.5 Å². The number of hydrogen-bond donors (Lipinski definition) is 0. The quantitative estimate of drug-likeness (QED) is 0.835. The highest BCUT2D eigenvalue weighted by Crippen LogP contribution is 2.28. The Bertz CT molecular complexity index is 612. The lowest BCUT2D eigenvalue weighted by Gasteiger charge is -2.25. The van der Waals surface area contributed by atoms with Crippen molar-refractivity contribution in [2.24, 2.45) is 0 Å². The van der Waals surface area contributed by atoms with Gasteiger partial charge in [-0.25, -0.2) is 4.68 Å². The van der Waals surface area contributed by atoms with Crippen LogP contribution in [0, 0.1) is 0 Å². The third kappa shape index (κ3) is 2.79. The molecule has 0 radical (unpaired) electrons. The number of aromatic nitrogens is 2. The van der Waals surface area contributed by atoms with Crippen LogP contribution in [0.2, 0.25) is 0 Å². The van der Waals surface area contributed by atoms with Crippen molar-refractivity contribution in [3.63, 3.8) is 0 Å². The van der Waals surface area contributed by atoms with Crippen molar-refractivity contribution in [2.75, 3.05) is 20.1 Å². The van der Waals surface area contributed by atoms with Gasteiger partial charge in [-0.05, 0) is 38.8 Å². The minimum atomic E-state index is -0.145. The van der Waals surface area contributed by atoms with Gasteiger partial charge in [-0.3, -0.25) is 14.5 Å². The molecule has 2 saturated heterocycles. The standard InChI is InChI=1S/C16H24N4O2/c1-3-9-20-15(21)7-6-14(17-20)16(22)19-10-8-12-4-5-13(11-19)18(12)2/h6-7,12-13H,3-5,8-11H2,1-2H3/t12-,13+/m1/s1. The number of likely N-dealkylation sites (N-methyl/N-ethyl adjacent to an activating group) is 1. The van der Waals surface area contributed by atoms with E-state index >= 15 is 0 Å². The van der Waals surface area contributed by atoms with E-state index in [2.05, 4.69) is 17.0 Å². The fourth-order valence-electron chi connectivity index (χ4n) is 3.59. The predicted molar refractivity (Wildman–Crippen MR) is 83.9 cm³/mol. The lowest BCUT2D eigenvalue weighted by atomic mass is 10.1. The molecule has 6 heteroatoms. The zero-order valence-corrected chi connectivity index (χ0v) is 13.4. The summed E-state index contributed by atoms with van der Waals surface area (Å²) in [5.74, 6) is -0.0502. The maximum atomic E-state index is 12.7. The van der Waals surface area contributed by atoms with E-state index in [0.29, 0.717) is 24.3 Å². The van der Waals surface area contributed by atoms with Crippen molar-refractivity contribution in [1.82, 2.24) is 19.6 Å². The Kier molecular flexibility index (Phi) is 4.29. The number of nitrogens with zero attached hydrogens (tertiary/aromatic N) is 4. The maximum absolute atomic E-state index is 12.7. The second-order valence-corrected chi connectivity index (χ2v) is 6.37. The molecule has 1 aromatic heterocycles. The summed E-state index contributed by atoms with van der Waals surface area (Å²) in [6.45, 7) is 4.08. The van der Waals surface area contributed by atoms with Crippen molar-refractivity contribution >= 4 is 5.91 Å². The van der Waals surface area contributed by atoms with Gasteiger partial charge in [-0.15, -0.1) is 0 Å². The molecule has 2 aliphatic rings. The molecule has 1 amide bonds. The molecule has 0 aliphatic carbocycles. The van der Waals surface area contributed by atoms with Crippen LogP contribution >= 0.6 is 0 Å². The number of carbonyl (C=O) groups excluding carboxylic acids is 1. The highest BCUT2D eigenvalue weighted by atomic mass is 16.2. The van der Waals surface area contributed by atoms with Gasteiger partial charge in [0.05, 0.1) is 0 Å². The van der Waals surface area contributed by atoms with Gasteiger partial charge in [0.1, 0.15) is 5.69 Å².